The van der Waals surface area contributed by atoms with Crippen LogP contribution in [0.15, 0.2) is 65.1 Å². The predicted molar refractivity (Wildman–Crippen MR) is 111 cm³/mol. The van der Waals surface area contributed by atoms with Crippen LogP contribution >= 0.6 is 0 Å². The first-order chi connectivity index (χ1) is 14.5. The molecule has 1 atom stereocenters. The third-order valence-corrected chi connectivity index (χ3v) is 5.53. The number of aromatic nitrogens is 1. The maximum absolute atomic E-state index is 13.2. The molecule has 4 aromatic rings. The number of urea groups is 1. The lowest BCUT2D eigenvalue weighted by atomic mass is 9.90. The number of carbonyl (C=O) groups excluding carboxylic acids is 2. The van der Waals surface area contributed by atoms with Crippen molar-refractivity contribution in [1.29, 1.82) is 0 Å². The van der Waals surface area contributed by atoms with Gasteiger partial charge in [0, 0.05) is 0 Å². The van der Waals surface area contributed by atoms with Gasteiger partial charge in [0.15, 0.2) is 5.58 Å². The van der Waals surface area contributed by atoms with Crippen LogP contribution in [-0.2, 0) is 16.9 Å². The Bertz CT molecular complexity index is 1280. The maximum Gasteiger partial charge on any atom is 0.325 e. The van der Waals surface area contributed by atoms with Gasteiger partial charge in [-0.05, 0) is 53.6 Å². The number of amides is 3. The second-order valence-electron chi connectivity index (χ2n) is 7.45. The number of methoxy groups -OCH3 is 1. The highest BCUT2D eigenvalue weighted by Crippen LogP contribution is 2.32. The number of rotatable bonds is 4. The van der Waals surface area contributed by atoms with Crippen LogP contribution in [0.2, 0.25) is 0 Å². The molecule has 30 heavy (non-hydrogen) atoms. The molecule has 3 amide bonds. The van der Waals surface area contributed by atoms with Gasteiger partial charge in [0.2, 0.25) is 5.89 Å². The lowest BCUT2D eigenvalue weighted by molar-refractivity contribution is -0.131. The van der Waals surface area contributed by atoms with Crippen molar-refractivity contribution in [3.05, 3.63) is 72.1 Å². The molecule has 0 spiro atoms. The second kappa shape index (κ2) is 6.59. The van der Waals surface area contributed by atoms with E-state index in [0.29, 0.717) is 22.6 Å². The first-order valence-electron chi connectivity index (χ1n) is 9.55. The van der Waals surface area contributed by atoms with E-state index in [1.54, 1.807) is 20.1 Å². The summed E-state index contributed by atoms with van der Waals surface area (Å²) in [6.45, 7) is 1.68. The molecule has 2 heterocycles. The summed E-state index contributed by atoms with van der Waals surface area (Å²) in [4.78, 5) is 31.4. The van der Waals surface area contributed by atoms with Gasteiger partial charge in [-0.3, -0.25) is 9.69 Å². The number of para-hydroxylation sites is 2. The number of oxazole rings is 1. The molecule has 7 heteroatoms. The van der Waals surface area contributed by atoms with Gasteiger partial charge in [-0.25, -0.2) is 9.78 Å². The number of imide groups is 1. The highest BCUT2D eigenvalue weighted by molar-refractivity contribution is 6.07. The molecular formula is C23H19N3O4. The summed E-state index contributed by atoms with van der Waals surface area (Å²) >= 11 is 0. The molecule has 1 saturated heterocycles. The number of ether oxygens (including phenoxy) is 1. The smallest absolute Gasteiger partial charge is 0.325 e. The normalized spacial score (nSPS) is 18.9. The van der Waals surface area contributed by atoms with Gasteiger partial charge < -0.3 is 14.5 Å². The fourth-order valence-electron chi connectivity index (χ4n) is 3.82. The van der Waals surface area contributed by atoms with Gasteiger partial charge in [0.05, 0.1) is 7.11 Å². The number of hydrogen-bond acceptors (Lipinski definition) is 5. The molecule has 7 nitrogen and oxygen atoms in total. The summed E-state index contributed by atoms with van der Waals surface area (Å²) in [5.74, 6) is 0.730. The summed E-state index contributed by atoms with van der Waals surface area (Å²) in [6, 6.07) is 18.2. The Balaban J connectivity index is 1.46. The summed E-state index contributed by atoms with van der Waals surface area (Å²) in [5.41, 5.74) is 0.843. The molecule has 0 radical (unpaired) electrons. The van der Waals surface area contributed by atoms with Crippen molar-refractivity contribution >= 4 is 33.8 Å². The van der Waals surface area contributed by atoms with Crippen molar-refractivity contribution < 1.29 is 18.7 Å². The minimum Gasteiger partial charge on any atom is -0.497 e. The number of fused-ring (bicyclic) bond motifs is 2. The van der Waals surface area contributed by atoms with E-state index < -0.39 is 11.6 Å². The van der Waals surface area contributed by atoms with Crippen molar-refractivity contribution in [3.63, 3.8) is 0 Å². The lowest BCUT2D eigenvalue weighted by Gasteiger charge is -2.22. The van der Waals surface area contributed by atoms with Gasteiger partial charge in [-0.2, -0.15) is 0 Å². The third-order valence-electron chi connectivity index (χ3n) is 5.53. The van der Waals surface area contributed by atoms with Crippen LogP contribution in [0.25, 0.3) is 21.9 Å². The largest absolute Gasteiger partial charge is 0.497 e. The number of carbonyl (C=O) groups is 2. The Morgan fingerprint density at radius 3 is 2.63 bits per heavy atom. The molecule has 0 unspecified atom stereocenters. The summed E-state index contributed by atoms with van der Waals surface area (Å²) in [6.07, 6.45) is 0. The van der Waals surface area contributed by atoms with Crippen LogP contribution in [0.1, 0.15) is 18.4 Å². The van der Waals surface area contributed by atoms with E-state index in [1.165, 1.54) is 0 Å². The van der Waals surface area contributed by atoms with Crippen LogP contribution < -0.4 is 10.1 Å². The first kappa shape index (κ1) is 18.2. The molecule has 0 aliphatic carbocycles. The average molecular weight is 401 g/mol. The van der Waals surface area contributed by atoms with E-state index >= 15 is 0 Å². The summed E-state index contributed by atoms with van der Waals surface area (Å²) in [7, 11) is 1.62. The fourth-order valence-corrected chi connectivity index (χ4v) is 3.82. The van der Waals surface area contributed by atoms with Crippen LogP contribution in [-0.4, -0.2) is 28.9 Å². The Labute approximate surface area is 172 Å². The van der Waals surface area contributed by atoms with E-state index in [1.807, 2.05) is 54.6 Å². The number of nitrogens with one attached hydrogen (secondary N) is 1. The standard InChI is InChI=1S/C23H19N3O4/c1-23(16-9-7-15-12-17(29-2)10-8-14(15)11-16)21(27)26(22(28)25-23)13-20-24-18-5-3-4-6-19(18)30-20/h3-12H,13H2,1-2H3,(H,25,28)/t23-/m0/s1. The van der Waals surface area contributed by atoms with Gasteiger partial charge >= 0.3 is 6.03 Å². The number of benzene rings is 3. The minimum atomic E-state index is -1.17. The molecule has 1 fully saturated rings. The molecule has 0 bridgehead atoms. The monoisotopic (exact) mass is 401 g/mol. The Hall–Kier alpha value is -3.87. The summed E-state index contributed by atoms with van der Waals surface area (Å²) < 4.78 is 10.9. The van der Waals surface area contributed by atoms with Crippen molar-refractivity contribution in [2.24, 2.45) is 0 Å². The highest BCUT2D eigenvalue weighted by atomic mass is 16.5. The van der Waals surface area contributed by atoms with Crippen LogP contribution in [0.3, 0.4) is 0 Å². The van der Waals surface area contributed by atoms with E-state index in [2.05, 4.69) is 10.3 Å². The van der Waals surface area contributed by atoms with Crippen molar-refractivity contribution in [3.8, 4) is 5.75 Å². The van der Waals surface area contributed by atoms with Gasteiger partial charge in [-0.1, -0.05) is 30.3 Å². The zero-order chi connectivity index (χ0) is 20.9. The molecule has 1 N–H and O–H groups in total. The second-order valence-corrected chi connectivity index (χ2v) is 7.45. The fraction of sp³-hybridized carbons (Fsp3) is 0.174. The van der Waals surface area contributed by atoms with Crippen molar-refractivity contribution in [2.45, 2.75) is 19.0 Å². The molecule has 3 aromatic carbocycles. The highest BCUT2D eigenvalue weighted by Gasteiger charge is 2.49. The SMILES string of the molecule is COc1ccc2cc([C@]3(C)NC(=O)N(Cc4nc5ccccc5o4)C3=O)ccc2c1. The zero-order valence-corrected chi connectivity index (χ0v) is 16.5. The van der Waals surface area contributed by atoms with E-state index in [0.717, 1.165) is 21.4 Å². The molecule has 150 valence electrons. The van der Waals surface area contributed by atoms with E-state index in [4.69, 9.17) is 9.15 Å². The molecular weight excluding hydrogens is 382 g/mol. The van der Waals surface area contributed by atoms with E-state index in [9.17, 15) is 9.59 Å². The average Bonchev–Trinajstić information content (AvgIpc) is 3.27. The quantitative estimate of drug-likeness (QED) is 0.523. The number of nitrogens with zero attached hydrogens (tertiary/aromatic N) is 2. The molecule has 1 aliphatic heterocycles. The molecule has 0 saturated carbocycles. The minimum absolute atomic E-state index is 0.0281. The zero-order valence-electron chi connectivity index (χ0n) is 16.5. The molecule has 1 aliphatic rings. The first-order valence-corrected chi connectivity index (χ1v) is 9.55. The summed E-state index contributed by atoms with van der Waals surface area (Å²) in [5, 5.41) is 4.77. The topological polar surface area (TPSA) is 84.7 Å². The Morgan fingerprint density at radius 2 is 1.83 bits per heavy atom. The molecule has 1 aromatic heterocycles. The van der Waals surface area contributed by atoms with Gasteiger partial charge in [0.1, 0.15) is 23.3 Å². The number of hydrogen-bond donors (Lipinski definition) is 1. The Kier molecular flexibility index (Phi) is 3.99. The lowest BCUT2D eigenvalue weighted by Crippen LogP contribution is -2.40. The van der Waals surface area contributed by atoms with Gasteiger partial charge in [-0.15, -0.1) is 0 Å². The van der Waals surface area contributed by atoms with Crippen LogP contribution in [0.5, 0.6) is 5.75 Å². The van der Waals surface area contributed by atoms with Crippen molar-refractivity contribution in [1.82, 2.24) is 15.2 Å². The van der Waals surface area contributed by atoms with Gasteiger partial charge in [0.25, 0.3) is 5.91 Å². The van der Waals surface area contributed by atoms with Crippen LogP contribution in [0, 0.1) is 0 Å². The Morgan fingerprint density at radius 1 is 1.07 bits per heavy atom. The van der Waals surface area contributed by atoms with Crippen molar-refractivity contribution in [2.75, 3.05) is 7.11 Å². The molecule has 5 rings (SSSR count). The van der Waals surface area contributed by atoms with Crippen LogP contribution in [0.4, 0.5) is 4.79 Å². The maximum atomic E-state index is 13.2. The third kappa shape index (κ3) is 2.78. The predicted octanol–water partition coefficient (Wildman–Crippen LogP) is 3.96. The van der Waals surface area contributed by atoms with E-state index in [-0.39, 0.29) is 12.5 Å².